The number of nitrogens with zero attached hydrogens (tertiary/aromatic N) is 2. The van der Waals surface area contributed by atoms with E-state index in [0.29, 0.717) is 28.7 Å². The molecule has 0 aliphatic heterocycles. The van der Waals surface area contributed by atoms with Gasteiger partial charge in [-0.15, -0.1) is 13.2 Å². The van der Waals surface area contributed by atoms with E-state index in [-0.39, 0.29) is 17.6 Å². The minimum Gasteiger partial charge on any atom is -0.406 e. The molecule has 1 atom stereocenters. The number of halogens is 4. The Hall–Kier alpha value is -3.36. The van der Waals surface area contributed by atoms with Crippen molar-refractivity contribution in [3.63, 3.8) is 0 Å². The molecular formula is C21H20F4N4O. The van der Waals surface area contributed by atoms with E-state index in [0.717, 1.165) is 6.42 Å². The first-order chi connectivity index (χ1) is 14.2. The lowest BCUT2D eigenvalue weighted by atomic mass is 10.1. The van der Waals surface area contributed by atoms with Crippen LogP contribution < -0.4 is 15.4 Å². The number of aromatic nitrogens is 2. The zero-order chi connectivity index (χ0) is 21.7. The highest BCUT2D eigenvalue weighted by molar-refractivity contribution is 5.68. The summed E-state index contributed by atoms with van der Waals surface area (Å²) in [4.78, 5) is 8.83. The van der Waals surface area contributed by atoms with E-state index in [2.05, 4.69) is 25.3 Å². The number of hydrogen-bond acceptors (Lipinski definition) is 5. The Balaban J connectivity index is 1.97. The molecule has 9 heteroatoms. The van der Waals surface area contributed by atoms with Crippen LogP contribution in [0, 0.1) is 5.82 Å². The fourth-order valence-corrected chi connectivity index (χ4v) is 2.58. The van der Waals surface area contributed by atoms with Gasteiger partial charge in [-0.25, -0.2) is 9.37 Å². The molecule has 1 heterocycles. The summed E-state index contributed by atoms with van der Waals surface area (Å²) < 4.78 is 54.8. The summed E-state index contributed by atoms with van der Waals surface area (Å²) >= 11 is 0. The van der Waals surface area contributed by atoms with Gasteiger partial charge < -0.3 is 15.4 Å². The normalized spacial score (nSPS) is 12.3. The number of nitrogens with one attached hydrogen (secondary N) is 2. The molecule has 0 bridgehead atoms. The second-order valence-electron chi connectivity index (χ2n) is 6.62. The minimum absolute atomic E-state index is 0.0822. The molecule has 1 aromatic heterocycles. The average Bonchev–Trinajstić information content (AvgIpc) is 2.68. The number of rotatable bonds is 7. The highest BCUT2D eigenvalue weighted by atomic mass is 19.4. The second kappa shape index (κ2) is 8.98. The molecule has 0 radical (unpaired) electrons. The zero-order valence-corrected chi connectivity index (χ0v) is 16.3. The summed E-state index contributed by atoms with van der Waals surface area (Å²) in [6.45, 7) is 3.96. The molecule has 0 aliphatic carbocycles. The smallest absolute Gasteiger partial charge is 0.406 e. The van der Waals surface area contributed by atoms with Gasteiger partial charge in [0.2, 0.25) is 5.95 Å². The van der Waals surface area contributed by atoms with Crippen molar-refractivity contribution in [3.8, 4) is 17.0 Å². The molecule has 0 spiro atoms. The van der Waals surface area contributed by atoms with Crippen LogP contribution in [0.15, 0.2) is 54.6 Å². The molecule has 2 aromatic carbocycles. The Morgan fingerprint density at radius 1 is 1.03 bits per heavy atom. The van der Waals surface area contributed by atoms with Gasteiger partial charge in [0.1, 0.15) is 17.4 Å². The number of anilines is 3. The van der Waals surface area contributed by atoms with Crippen LogP contribution >= 0.6 is 0 Å². The van der Waals surface area contributed by atoms with Gasteiger partial charge in [0.25, 0.3) is 0 Å². The third-order valence-electron chi connectivity index (χ3n) is 4.19. The van der Waals surface area contributed by atoms with Gasteiger partial charge in [0.15, 0.2) is 0 Å². The van der Waals surface area contributed by atoms with E-state index in [1.54, 1.807) is 24.3 Å². The van der Waals surface area contributed by atoms with Crippen molar-refractivity contribution in [2.45, 2.75) is 32.7 Å². The van der Waals surface area contributed by atoms with Crippen LogP contribution in [0.25, 0.3) is 11.3 Å². The Morgan fingerprint density at radius 2 is 1.77 bits per heavy atom. The fourth-order valence-electron chi connectivity index (χ4n) is 2.58. The number of hydrogen-bond donors (Lipinski definition) is 2. The number of ether oxygens (including phenoxy) is 1. The van der Waals surface area contributed by atoms with Crippen molar-refractivity contribution in [3.05, 3.63) is 60.4 Å². The summed E-state index contributed by atoms with van der Waals surface area (Å²) in [5.74, 6) is 0.000724. The lowest BCUT2D eigenvalue weighted by Gasteiger charge is -2.15. The van der Waals surface area contributed by atoms with E-state index in [1.807, 2.05) is 13.8 Å². The van der Waals surface area contributed by atoms with Crippen molar-refractivity contribution in [2.24, 2.45) is 0 Å². The molecule has 3 aromatic rings. The van der Waals surface area contributed by atoms with Crippen LogP contribution in [-0.4, -0.2) is 22.4 Å². The van der Waals surface area contributed by atoms with E-state index in [1.165, 1.54) is 30.3 Å². The van der Waals surface area contributed by atoms with Gasteiger partial charge in [0, 0.05) is 23.4 Å². The van der Waals surface area contributed by atoms with E-state index >= 15 is 0 Å². The Kier molecular flexibility index (Phi) is 6.39. The fraction of sp³-hybridized carbons (Fsp3) is 0.238. The lowest BCUT2D eigenvalue weighted by Crippen LogP contribution is -2.17. The molecule has 0 fully saturated rings. The lowest BCUT2D eigenvalue weighted by molar-refractivity contribution is -0.274. The van der Waals surface area contributed by atoms with Crippen molar-refractivity contribution in [1.29, 1.82) is 0 Å². The van der Waals surface area contributed by atoms with Gasteiger partial charge in [-0.1, -0.05) is 19.1 Å². The zero-order valence-electron chi connectivity index (χ0n) is 16.3. The standard InChI is InChI=1S/C21H20F4N4O/c1-3-13(2)26-20-28-18(14-5-4-6-17(11-14)30-21(23,24)25)12-19(29-20)27-16-9-7-15(22)8-10-16/h4-13H,3H2,1-2H3,(H2,26,27,28,29)/t13-/m1/s1. The number of alkyl halides is 3. The molecule has 0 amide bonds. The van der Waals surface area contributed by atoms with Crippen LogP contribution in [0.2, 0.25) is 0 Å². The van der Waals surface area contributed by atoms with Crippen molar-refractivity contribution >= 4 is 17.5 Å². The van der Waals surface area contributed by atoms with Gasteiger partial charge in [0.05, 0.1) is 5.69 Å². The molecule has 0 aliphatic rings. The summed E-state index contributed by atoms with van der Waals surface area (Å²) in [6, 6.07) is 12.9. The Labute approximate surface area is 171 Å². The van der Waals surface area contributed by atoms with Crippen LogP contribution in [0.5, 0.6) is 5.75 Å². The third-order valence-corrected chi connectivity index (χ3v) is 4.19. The van der Waals surface area contributed by atoms with Crippen LogP contribution in [-0.2, 0) is 0 Å². The largest absolute Gasteiger partial charge is 0.573 e. The first-order valence-corrected chi connectivity index (χ1v) is 9.26. The van der Waals surface area contributed by atoms with Gasteiger partial charge >= 0.3 is 6.36 Å². The van der Waals surface area contributed by atoms with Crippen molar-refractivity contribution < 1.29 is 22.3 Å². The maximum absolute atomic E-state index is 13.2. The predicted molar refractivity (Wildman–Crippen MR) is 107 cm³/mol. The molecule has 0 unspecified atom stereocenters. The molecule has 0 saturated heterocycles. The maximum Gasteiger partial charge on any atom is 0.573 e. The molecule has 30 heavy (non-hydrogen) atoms. The monoisotopic (exact) mass is 420 g/mol. The minimum atomic E-state index is -4.79. The highest BCUT2D eigenvalue weighted by Gasteiger charge is 2.31. The van der Waals surface area contributed by atoms with Gasteiger partial charge in [-0.3, -0.25) is 0 Å². The molecule has 158 valence electrons. The third kappa shape index (κ3) is 6.07. The summed E-state index contributed by atoms with van der Waals surface area (Å²) in [5, 5.41) is 6.21. The Bertz CT molecular complexity index is 993. The van der Waals surface area contributed by atoms with E-state index < -0.39 is 6.36 Å². The quantitative estimate of drug-likeness (QED) is 0.450. The first-order valence-electron chi connectivity index (χ1n) is 9.26. The van der Waals surface area contributed by atoms with Gasteiger partial charge in [-0.2, -0.15) is 4.98 Å². The van der Waals surface area contributed by atoms with Crippen molar-refractivity contribution in [1.82, 2.24) is 9.97 Å². The molecule has 3 rings (SSSR count). The number of benzene rings is 2. The summed E-state index contributed by atoms with van der Waals surface area (Å²) in [5.41, 5.74) is 1.42. The average molecular weight is 420 g/mol. The van der Waals surface area contributed by atoms with E-state index in [9.17, 15) is 17.6 Å². The molecule has 5 nitrogen and oxygen atoms in total. The summed E-state index contributed by atoms with van der Waals surface area (Å²) in [7, 11) is 0. The molecule has 0 saturated carbocycles. The second-order valence-corrected chi connectivity index (χ2v) is 6.62. The Morgan fingerprint density at radius 3 is 2.43 bits per heavy atom. The molecule has 2 N–H and O–H groups in total. The predicted octanol–water partition coefficient (Wildman–Crippen LogP) is 6.14. The maximum atomic E-state index is 13.2. The van der Waals surface area contributed by atoms with Gasteiger partial charge in [-0.05, 0) is 49.7 Å². The molecular weight excluding hydrogens is 400 g/mol. The highest BCUT2D eigenvalue weighted by Crippen LogP contribution is 2.29. The van der Waals surface area contributed by atoms with Crippen LogP contribution in [0.4, 0.5) is 35.0 Å². The van der Waals surface area contributed by atoms with Crippen LogP contribution in [0.1, 0.15) is 20.3 Å². The SMILES string of the molecule is CC[C@@H](C)Nc1nc(Nc2ccc(F)cc2)cc(-c2cccc(OC(F)(F)F)c2)n1. The van der Waals surface area contributed by atoms with E-state index in [4.69, 9.17) is 0 Å². The summed E-state index contributed by atoms with van der Waals surface area (Å²) in [6.07, 6.45) is -3.97. The van der Waals surface area contributed by atoms with Crippen LogP contribution in [0.3, 0.4) is 0 Å². The topological polar surface area (TPSA) is 59.1 Å². The van der Waals surface area contributed by atoms with Crippen molar-refractivity contribution in [2.75, 3.05) is 10.6 Å². The first kappa shape index (κ1) is 21.4.